The van der Waals surface area contributed by atoms with E-state index < -0.39 is 0 Å². The van der Waals surface area contributed by atoms with E-state index in [4.69, 9.17) is 23.2 Å². The van der Waals surface area contributed by atoms with Gasteiger partial charge in [0, 0.05) is 29.5 Å². The Labute approximate surface area is 163 Å². The lowest BCUT2D eigenvalue weighted by molar-refractivity contribution is 0.0548. The lowest BCUT2D eigenvalue weighted by atomic mass is 9.91. The minimum atomic E-state index is 0.0500. The number of pyridine rings is 1. The number of benzene rings is 1. The number of amides is 1. The van der Waals surface area contributed by atoms with E-state index in [0.717, 1.165) is 25.1 Å². The molecule has 0 bridgehead atoms. The molecule has 136 valence electrons. The molecule has 0 spiro atoms. The molecular formula is C20H21Cl2N3O. The van der Waals surface area contributed by atoms with Gasteiger partial charge >= 0.3 is 0 Å². The van der Waals surface area contributed by atoms with Gasteiger partial charge < -0.3 is 10.2 Å². The van der Waals surface area contributed by atoms with Crippen LogP contribution in [-0.2, 0) is 0 Å². The zero-order valence-electron chi connectivity index (χ0n) is 14.4. The first-order valence-corrected chi connectivity index (χ1v) is 9.86. The number of halogens is 2. The Hall–Kier alpha value is -1.78. The predicted octanol–water partition coefficient (Wildman–Crippen LogP) is 5.54. The second-order valence-electron chi connectivity index (χ2n) is 7.09. The molecule has 1 aromatic carbocycles. The number of hydrogen-bond donors (Lipinski definition) is 1. The molecule has 4 nitrogen and oxygen atoms in total. The molecule has 1 aliphatic heterocycles. The molecule has 1 aliphatic carbocycles. The van der Waals surface area contributed by atoms with Gasteiger partial charge in [-0.3, -0.25) is 4.79 Å². The number of hydrogen-bond acceptors (Lipinski definition) is 3. The number of nitrogens with one attached hydrogen (secondary N) is 1. The largest absolute Gasteiger partial charge is 0.339 e. The van der Waals surface area contributed by atoms with Crippen LogP contribution in [0, 0.1) is 5.92 Å². The zero-order chi connectivity index (χ0) is 18.1. The highest BCUT2D eigenvalue weighted by Gasteiger charge is 2.37. The normalized spacial score (nSPS) is 22.2. The molecule has 2 fully saturated rings. The van der Waals surface area contributed by atoms with Crippen molar-refractivity contribution in [2.45, 2.75) is 38.1 Å². The summed E-state index contributed by atoms with van der Waals surface area (Å²) >= 11 is 12.3. The minimum absolute atomic E-state index is 0.0500. The van der Waals surface area contributed by atoms with E-state index in [9.17, 15) is 4.79 Å². The third-order valence-corrected chi connectivity index (χ3v) is 5.99. The van der Waals surface area contributed by atoms with E-state index in [1.807, 2.05) is 17.0 Å². The molecule has 2 atom stereocenters. The number of nitrogens with zero attached hydrogens (tertiary/aromatic N) is 2. The number of aromatic nitrogens is 1. The maximum Gasteiger partial charge on any atom is 0.255 e. The van der Waals surface area contributed by atoms with Crippen LogP contribution < -0.4 is 5.32 Å². The maximum absolute atomic E-state index is 13.0. The Morgan fingerprint density at radius 2 is 1.88 bits per heavy atom. The summed E-state index contributed by atoms with van der Waals surface area (Å²) in [6.45, 7) is 0.836. The molecule has 2 heterocycles. The summed E-state index contributed by atoms with van der Waals surface area (Å²) in [5.74, 6) is 1.25. The van der Waals surface area contributed by atoms with Gasteiger partial charge in [-0.2, -0.15) is 0 Å². The summed E-state index contributed by atoms with van der Waals surface area (Å²) in [6, 6.07) is 9.41. The van der Waals surface area contributed by atoms with E-state index in [1.165, 1.54) is 19.3 Å². The quantitative estimate of drug-likeness (QED) is 0.749. The van der Waals surface area contributed by atoms with Crippen LogP contribution in [0.1, 0.15) is 42.5 Å². The second-order valence-corrected chi connectivity index (χ2v) is 7.93. The van der Waals surface area contributed by atoms with Crippen LogP contribution in [0.5, 0.6) is 0 Å². The molecule has 1 aromatic heterocycles. The van der Waals surface area contributed by atoms with Crippen LogP contribution in [0.2, 0.25) is 10.0 Å². The smallest absolute Gasteiger partial charge is 0.255 e. The molecular weight excluding hydrogens is 369 g/mol. The second kappa shape index (κ2) is 7.45. The van der Waals surface area contributed by atoms with Gasteiger partial charge in [0.2, 0.25) is 0 Å². The molecule has 6 heteroatoms. The molecule has 1 N–H and O–H groups in total. The summed E-state index contributed by atoms with van der Waals surface area (Å²) in [4.78, 5) is 19.4. The van der Waals surface area contributed by atoms with E-state index in [1.54, 1.807) is 24.4 Å². The van der Waals surface area contributed by atoms with E-state index in [2.05, 4.69) is 10.3 Å². The summed E-state index contributed by atoms with van der Waals surface area (Å²) in [6.07, 6.45) is 7.54. The van der Waals surface area contributed by atoms with Gasteiger partial charge in [-0.05, 0) is 61.9 Å². The molecule has 1 amide bonds. The van der Waals surface area contributed by atoms with Crippen molar-refractivity contribution >= 4 is 40.6 Å². The van der Waals surface area contributed by atoms with Gasteiger partial charge in [0.25, 0.3) is 5.91 Å². The Balaban J connectivity index is 1.51. The number of carbonyl (C=O) groups is 1. The highest BCUT2D eigenvalue weighted by molar-refractivity contribution is 6.33. The monoisotopic (exact) mass is 389 g/mol. The maximum atomic E-state index is 13.0. The molecule has 1 saturated carbocycles. The fourth-order valence-corrected chi connectivity index (χ4v) is 4.53. The van der Waals surface area contributed by atoms with Gasteiger partial charge in [0.1, 0.15) is 5.82 Å². The van der Waals surface area contributed by atoms with Crippen molar-refractivity contribution in [3.05, 3.63) is 52.1 Å². The Bertz CT molecular complexity index is 809. The number of rotatable bonds is 3. The van der Waals surface area contributed by atoms with Crippen LogP contribution in [0.15, 0.2) is 36.5 Å². The Morgan fingerprint density at radius 1 is 1.12 bits per heavy atom. The number of likely N-dealkylation sites (tertiary alicyclic amines) is 1. The van der Waals surface area contributed by atoms with Crippen LogP contribution in [-0.4, -0.2) is 28.4 Å². The zero-order valence-corrected chi connectivity index (χ0v) is 15.9. The molecule has 4 rings (SSSR count). The van der Waals surface area contributed by atoms with Crippen molar-refractivity contribution in [1.82, 2.24) is 9.88 Å². The molecule has 0 radical (unpaired) electrons. The summed E-state index contributed by atoms with van der Waals surface area (Å²) in [5, 5.41) is 4.26. The number of piperidine rings is 1. The summed E-state index contributed by atoms with van der Waals surface area (Å²) in [5.41, 5.74) is 1.40. The molecule has 1 saturated heterocycles. The van der Waals surface area contributed by atoms with Gasteiger partial charge in [-0.25, -0.2) is 4.98 Å². The lowest BCUT2D eigenvalue weighted by Gasteiger charge is -2.37. The summed E-state index contributed by atoms with van der Waals surface area (Å²) < 4.78 is 0. The minimum Gasteiger partial charge on any atom is -0.339 e. The number of carbonyl (C=O) groups excluding carboxylic acids is 1. The van der Waals surface area contributed by atoms with Gasteiger partial charge in [0.05, 0.1) is 10.6 Å². The van der Waals surface area contributed by atoms with Crippen molar-refractivity contribution in [3.8, 4) is 0 Å². The number of anilines is 2. The number of fused-ring (bicyclic) bond motifs is 1. The van der Waals surface area contributed by atoms with Gasteiger partial charge in [-0.1, -0.05) is 29.6 Å². The SMILES string of the molecule is O=C(c1cnc(Nc2ccc(Cl)cc2)c(Cl)c1)N1CCCC2CCCC21. The van der Waals surface area contributed by atoms with Gasteiger partial charge in [-0.15, -0.1) is 0 Å². The van der Waals surface area contributed by atoms with E-state index in [0.29, 0.717) is 33.4 Å². The fraction of sp³-hybridized carbons (Fsp3) is 0.400. The van der Waals surface area contributed by atoms with Crippen LogP contribution in [0.4, 0.5) is 11.5 Å². The predicted molar refractivity (Wildman–Crippen MR) is 105 cm³/mol. The van der Waals surface area contributed by atoms with Crippen LogP contribution in [0.3, 0.4) is 0 Å². The highest BCUT2D eigenvalue weighted by atomic mass is 35.5. The van der Waals surface area contributed by atoms with Crippen LogP contribution in [0.25, 0.3) is 0 Å². The first-order valence-electron chi connectivity index (χ1n) is 9.11. The third-order valence-electron chi connectivity index (χ3n) is 5.45. The highest BCUT2D eigenvalue weighted by Crippen LogP contribution is 2.37. The topological polar surface area (TPSA) is 45.2 Å². The first kappa shape index (κ1) is 17.6. The van der Waals surface area contributed by atoms with Crippen molar-refractivity contribution in [1.29, 1.82) is 0 Å². The average Bonchev–Trinajstić information content (AvgIpc) is 3.13. The third kappa shape index (κ3) is 3.53. The van der Waals surface area contributed by atoms with E-state index in [-0.39, 0.29) is 5.91 Å². The van der Waals surface area contributed by atoms with Crippen molar-refractivity contribution in [2.75, 3.05) is 11.9 Å². The molecule has 2 unspecified atom stereocenters. The summed E-state index contributed by atoms with van der Waals surface area (Å²) in [7, 11) is 0. The van der Waals surface area contributed by atoms with Crippen molar-refractivity contribution < 1.29 is 4.79 Å². The Morgan fingerprint density at radius 3 is 2.65 bits per heavy atom. The van der Waals surface area contributed by atoms with Crippen LogP contribution >= 0.6 is 23.2 Å². The molecule has 2 aliphatic rings. The standard InChI is InChI=1S/C20H21Cl2N3O/c21-15-6-8-16(9-7-15)24-19-17(22)11-14(12-23-19)20(26)25-10-2-4-13-3-1-5-18(13)25/h6-9,11-13,18H,1-5,10H2,(H,23,24). The Kier molecular flexibility index (Phi) is 5.05. The molecule has 2 aromatic rings. The fourth-order valence-electron chi connectivity index (χ4n) is 4.19. The van der Waals surface area contributed by atoms with Crippen molar-refractivity contribution in [2.24, 2.45) is 5.92 Å². The lowest BCUT2D eigenvalue weighted by Crippen LogP contribution is -2.46. The molecule has 26 heavy (non-hydrogen) atoms. The van der Waals surface area contributed by atoms with Crippen molar-refractivity contribution in [3.63, 3.8) is 0 Å². The van der Waals surface area contributed by atoms with E-state index >= 15 is 0 Å². The average molecular weight is 390 g/mol. The van der Waals surface area contributed by atoms with Gasteiger partial charge in [0.15, 0.2) is 0 Å². The first-order chi connectivity index (χ1) is 12.6.